The third-order valence-corrected chi connectivity index (χ3v) is 7.47. The van der Waals surface area contributed by atoms with Crippen molar-refractivity contribution in [1.82, 2.24) is 15.2 Å². The van der Waals surface area contributed by atoms with Crippen LogP contribution in [0.3, 0.4) is 0 Å². The Hall–Kier alpha value is -2.74. The maximum Gasteiger partial charge on any atom is 0.282 e. The topological polar surface area (TPSA) is 57.7 Å². The zero-order valence-electron chi connectivity index (χ0n) is 19.8. The normalized spacial score (nSPS) is 25.9. The lowest BCUT2D eigenvalue weighted by Gasteiger charge is -2.56. The molecular formula is C26H32F2N4O2. The second-order valence-electron chi connectivity index (χ2n) is 10.0. The number of nitrogens with one attached hydrogen (secondary N) is 1. The highest BCUT2D eigenvalue weighted by Crippen LogP contribution is 2.38. The van der Waals surface area contributed by atoms with Crippen LogP contribution >= 0.6 is 0 Å². The molecule has 0 radical (unpaired) electrons. The molecule has 1 aromatic heterocycles. The number of aromatic nitrogens is 1. The average Bonchev–Trinajstić information content (AvgIpc) is 3.65. The van der Waals surface area contributed by atoms with Crippen molar-refractivity contribution in [3.8, 4) is 5.88 Å². The molecular weight excluding hydrogens is 438 g/mol. The lowest BCUT2D eigenvalue weighted by molar-refractivity contribution is -0.0289. The van der Waals surface area contributed by atoms with E-state index in [1.165, 1.54) is 5.56 Å². The van der Waals surface area contributed by atoms with Crippen LogP contribution in [0.4, 0.5) is 14.5 Å². The molecule has 2 saturated heterocycles. The molecule has 1 saturated carbocycles. The first-order chi connectivity index (χ1) is 16.3. The summed E-state index contributed by atoms with van der Waals surface area (Å²) < 4.78 is 32.8. The van der Waals surface area contributed by atoms with Crippen molar-refractivity contribution < 1.29 is 18.3 Å². The number of carbonyl (C=O) groups excluding carboxylic acids is 1. The molecule has 34 heavy (non-hydrogen) atoms. The van der Waals surface area contributed by atoms with Crippen molar-refractivity contribution in [3.05, 3.63) is 53.7 Å². The van der Waals surface area contributed by atoms with E-state index in [1.54, 1.807) is 17.0 Å². The summed E-state index contributed by atoms with van der Waals surface area (Å²) in [7, 11) is 0. The van der Waals surface area contributed by atoms with Crippen molar-refractivity contribution >= 4 is 11.6 Å². The molecule has 8 heteroatoms. The van der Waals surface area contributed by atoms with Crippen molar-refractivity contribution in [3.63, 3.8) is 0 Å². The number of benzene rings is 1. The molecule has 1 amide bonds. The van der Waals surface area contributed by atoms with Crippen molar-refractivity contribution in [2.75, 3.05) is 31.1 Å². The summed E-state index contributed by atoms with van der Waals surface area (Å²) in [5.41, 5.74) is 1.69. The molecule has 1 aliphatic carbocycles. The molecule has 6 nitrogen and oxygen atoms in total. The van der Waals surface area contributed by atoms with Gasteiger partial charge in [0.1, 0.15) is 11.4 Å². The van der Waals surface area contributed by atoms with Crippen LogP contribution in [-0.4, -0.2) is 59.5 Å². The molecule has 1 unspecified atom stereocenters. The quantitative estimate of drug-likeness (QED) is 0.598. The Morgan fingerprint density at radius 1 is 1.15 bits per heavy atom. The van der Waals surface area contributed by atoms with Crippen LogP contribution in [0.15, 0.2) is 42.5 Å². The minimum atomic E-state index is -2.69. The zero-order chi connectivity index (χ0) is 23.9. The smallest absolute Gasteiger partial charge is 0.282 e. The molecule has 2 atom stereocenters. The largest absolute Gasteiger partial charge is 0.476 e. The Balaban J connectivity index is 1.28. The number of anilines is 1. The van der Waals surface area contributed by atoms with Gasteiger partial charge in [0, 0.05) is 19.1 Å². The Bertz CT molecular complexity index is 1040. The number of rotatable bonds is 9. The molecule has 3 fully saturated rings. The van der Waals surface area contributed by atoms with E-state index in [0.29, 0.717) is 18.2 Å². The van der Waals surface area contributed by atoms with Gasteiger partial charge >= 0.3 is 0 Å². The highest BCUT2D eigenvalue weighted by atomic mass is 19.3. The second kappa shape index (κ2) is 8.80. The first kappa shape index (κ1) is 23.0. The number of halogens is 2. The molecule has 3 heterocycles. The van der Waals surface area contributed by atoms with Crippen LogP contribution in [0.2, 0.25) is 0 Å². The van der Waals surface area contributed by atoms with Gasteiger partial charge in [0.15, 0.2) is 0 Å². The van der Waals surface area contributed by atoms with Crippen molar-refractivity contribution in [2.24, 2.45) is 5.92 Å². The summed E-state index contributed by atoms with van der Waals surface area (Å²) >= 11 is 0. The summed E-state index contributed by atoms with van der Waals surface area (Å²) in [5, 5.41) is 3.22. The number of carbonyl (C=O) groups is 1. The summed E-state index contributed by atoms with van der Waals surface area (Å²) in [6.07, 6.45) is 3.01. The summed E-state index contributed by atoms with van der Waals surface area (Å²) in [6.45, 7) is 5.62. The van der Waals surface area contributed by atoms with E-state index in [4.69, 9.17) is 4.74 Å². The minimum absolute atomic E-state index is 0.176. The standard InChI is InChI=1S/C26H32F2N4O2/c1-3-25(15-31(18(25)2)13-19-7-5-4-6-8-19)30-23(33)21-11-12-22(32-16-26(27,28)17-32)24(29-21)34-14-20-9-10-20/h4-8,11-12,18,20H,3,9-10,13-17H2,1-2H3,(H,30,33)/t18-,25?/m1/s1. The third kappa shape index (κ3) is 4.60. The molecule has 2 aromatic rings. The highest BCUT2D eigenvalue weighted by Gasteiger charge is 2.50. The van der Waals surface area contributed by atoms with E-state index in [-0.39, 0.29) is 42.2 Å². The zero-order valence-corrected chi connectivity index (χ0v) is 19.8. The van der Waals surface area contributed by atoms with Gasteiger partial charge in [0.2, 0.25) is 5.88 Å². The molecule has 3 aliphatic rings. The fraction of sp³-hybridized carbons (Fsp3) is 0.538. The average molecular weight is 471 g/mol. The maximum absolute atomic E-state index is 13.4. The van der Waals surface area contributed by atoms with Crippen molar-refractivity contribution in [1.29, 1.82) is 0 Å². The number of pyridine rings is 1. The van der Waals surface area contributed by atoms with E-state index in [2.05, 4.69) is 41.2 Å². The fourth-order valence-corrected chi connectivity index (χ4v) is 4.88. The Morgan fingerprint density at radius 3 is 2.50 bits per heavy atom. The molecule has 2 aliphatic heterocycles. The van der Waals surface area contributed by atoms with E-state index in [1.807, 2.05) is 18.2 Å². The summed E-state index contributed by atoms with van der Waals surface area (Å²) in [4.78, 5) is 21.6. The number of hydrogen-bond donors (Lipinski definition) is 1. The van der Waals surface area contributed by atoms with Crippen LogP contribution in [-0.2, 0) is 6.54 Å². The van der Waals surface area contributed by atoms with Gasteiger partial charge in [-0.2, -0.15) is 0 Å². The van der Waals surface area contributed by atoms with Crippen LogP contribution < -0.4 is 15.0 Å². The fourth-order valence-electron chi connectivity index (χ4n) is 4.88. The molecule has 182 valence electrons. The third-order valence-electron chi connectivity index (χ3n) is 7.47. The SMILES string of the molecule is CCC1(NC(=O)c2ccc(N3CC(F)(F)C3)c(OCC3CC3)n2)CN(Cc2ccccc2)[C@@H]1C. The second-order valence-corrected chi connectivity index (χ2v) is 10.0. The van der Waals surface area contributed by atoms with Crippen LogP contribution in [0, 0.1) is 5.92 Å². The monoisotopic (exact) mass is 470 g/mol. The van der Waals surface area contributed by atoms with E-state index in [9.17, 15) is 13.6 Å². The van der Waals surface area contributed by atoms with Gasteiger partial charge in [-0.3, -0.25) is 9.69 Å². The lowest BCUT2D eigenvalue weighted by Crippen LogP contribution is -2.74. The number of nitrogens with zero attached hydrogens (tertiary/aromatic N) is 3. The van der Waals surface area contributed by atoms with Gasteiger partial charge in [-0.15, -0.1) is 0 Å². The summed E-state index contributed by atoms with van der Waals surface area (Å²) in [5.74, 6) is -2.19. The van der Waals surface area contributed by atoms with Crippen LogP contribution in [0.1, 0.15) is 49.2 Å². The number of ether oxygens (including phenoxy) is 1. The highest BCUT2D eigenvalue weighted by molar-refractivity contribution is 5.93. The van der Waals surface area contributed by atoms with Crippen LogP contribution in [0.5, 0.6) is 5.88 Å². The van der Waals surface area contributed by atoms with Gasteiger partial charge in [0.05, 0.1) is 25.2 Å². The summed E-state index contributed by atoms with van der Waals surface area (Å²) in [6, 6.07) is 13.8. The van der Waals surface area contributed by atoms with Crippen molar-refractivity contribution in [2.45, 2.75) is 57.2 Å². The predicted octanol–water partition coefficient (Wildman–Crippen LogP) is 4.11. The Morgan fingerprint density at radius 2 is 1.88 bits per heavy atom. The molecule has 0 bridgehead atoms. The number of amides is 1. The minimum Gasteiger partial charge on any atom is -0.476 e. The Kier molecular flexibility index (Phi) is 5.96. The van der Waals surface area contributed by atoms with E-state index >= 15 is 0 Å². The molecule has 1 aromatic carbocycles. The van der Waals surface area contributed by atoms with E-state index < -0.39 is 5.92 Å². The first-order valence-corrected chi connectivity index (χ1v) is 12.2. The first-order valence-electron chi connectivity index (χ1n) is 12.2. The van der Waals surface area contributed by atoms with E-state index in [0.717, 1.165) is 32.4 Å². The van der Waals surface area contributed by atoms with Gasteiger partial charge in [-0.25, -0.2) is 13.8 Å². The number of hydrogen-bond acceptors (Lipinski definition) is 5. The number of alkyl halides is 2. The molecule has 1 N–H and O–H groups in total. The maximum atomic E-state index is 13.4. The predicted molar refractivity (Wildman–Crippen MR) is 126 cm³/mol. The van der Waals surface area contributed by atoms with Gasteiger partial charge in [-0.05, 0) is 49.8 Å². The van der Waals surface area contributed by atoms with Gasteiger partial charge < -0.3 is 15.0 Å². The number of likely N-dealkylation sites (tertiary alicyclic amines) is 1. The van der Waals surface area contributed by atoms with Gasteiger partial charge in [-0.1, -0.05) is 37.3 Å². The molecule has 5 rings (SSSR count). The molecule has 0 spiro atoms. The Labute approximate surface area is 199 Å². The van der Waals surface area contributed by atoms with Gasteiger partial charge in [0.25, 0.3) is 11.8 Å². The van der Waals surface area contributed by atoms with Crippen LogP contribution in [0.25, 0.3) is 0 Å². The lowest BCUT2D eigenvalue weighted by atomic mass is 9.78.